The standard InChI is InChI=1S/C11H24N2O/c1-7(2)6-9(5)13-11(14)10(12)8(3)4/h7-10H,6,12H2,1-5H3,(H,13,14)/t9?,10-/m1/s1. The van der Waals surface area contributed by atoms with E-state index < -0.39 is 0 Å². The van der Waals surface area contributed by atoms with Crippen molar-refractivity contribution in [2.45, 2.75) is 53.1 Å². The Morgan fingerprint density at radius 2 is 1.71 bits per heavy atom. The van der Waals surface area contributed by atoms with Crippen molar-refractivity contribution in [2.24, 2.45) is 17.6 Å². The van der Waals surface area contributed by atoms with Crippen LogP contribution in [0.3, 0.4) is 0 Å². The molecule has 0 saturated carbocycles. The molecule has 0 aliphatic rings. The van der Waals surface area contributed by atoms with E-state index in [1.165, 1.54) is 0 Å². The smallest absolute Gasteiger partial charge is 0.237 e. The second-order valence-corrected chi connectivity index (χ2v) is 4.81. The lowest BCUT2D eigenvalue weighted by atomic mass is 10.0. The topological polar surface area (TPSA) is 55.1 Å². The maximum absolute atomic E-state index is 11.5. The lowest BCUT2D eigenvalue weighted by Crippen LogP contribution is -2.47. The van der Waals surface area contributed by atoms with Crippen molar-refractivity contribution >= 4 is 5.91 Å². The minimum atomic E-state index is -0.385. The van der Waals surface area contributed by atoms with Gasteiger partial charge < -0.3 is 11.1 Å². The Labute approximate surface area is 87.4 Å². The number of nitrogens with one attached hydrogen (secondary N) is 1. The molecule has 1 amide bonds. The molecule has 0 aromatic carbocycles. The SMILES string of the molecule is CC(C)CC(C)NC(=O)[C@H](N)C(C)C. The third-order valence-electron chi connectivity index (χ3n) is 2.23. The largest absolute Gasteiger partial charge is 0.352 e. The van der Waals surface area contributed by atoms with E-state index in [9.17, 15) is 4.79 Å². The first kappa shape index (κ1) is 13.4. The highest BCUT2D eigenvalue weighted by molar-refractivity contribution is 5.81. The summed E-state index contributed by atoms with van der Waals surface area (Å²) < 4.78 is 0. The van der Waals surface area contributed by atoms with Gasteiger partial charge in [0.1, 0.15) is 0 Å². The molecule has 2 atom stereocenters. The van der Waals surface area contributed by atoms with Crippen LogP contribution < -0.4 is 11.1 Å². The van der Waals surface area contributed by atoms with Gasteiger partial charge in [-0.25, -0.2) is 0 Å². The van der Waals surface area contributed by atoms with Gasteiger partial charge in [0.05, 0.1) is 6.04 Å². The van der Waals surface area contributed by atoms with Gasteiger partial charge in [-0.2, -0.15) is 0 Å². The highest BCUT2D eigenvalue weighted by atomic mass is 16.2. The van der Waals surface area contributed by atoms with Gasteiger partial charge in [0.25, 0.3) is 0 Å². The van der Waals surface area contributed by atoms with E-state index in [1.807, 2.05) is 20.8 Å². The average molecular weight is 200 g/mol. The minimum Gasteiger partial charge on any atom is -0.352 e. The van der Waals surface area contributed by atoms with Crippen LogP contribution in [0.2, 0.25) is 0 Å². The first-order valence-corrected chi connectivity index (χ1v) is 5.40. The lowest BCUT2D eigenvalue weighted by Gasteiger charge is -2.20. The molecule has 0 rings (SSSR count). The Balaban J connectivity index is 3.93. The quantitative estimate of drug-likeness (QED) is 0.707. The van der Waals surface area contributed by atoms with Crippen molar-refractivity contribution in [2.75, 3.05) is 0 Å². The predicted octanol–water partition coefficient (Wildman–Crippen LogP) is 1.52. The van der Waals surface area contributed by atoms with Crippen LogP contribution >= 0.6 is 0 Å². The van der Waals surface area contributed by atoms with Crippen molar-refractivity contribution in [1.82, 2.24) is 5.32 Å². The zero-order valence-electron chi connectivity index (χ0n) is 10.0. The van der Waals surface area contributed by atoms with Crippen LogP contribution in [0, 0.1) is 11.8 Å². The third kappa shape index (κ3) is 5.22. The second kappa shape index (κ2) is 6.02. The summed E-state index contributed by atoms with van der Waals surface area (Å²) in [5, 5.41) is 2.93. The summed E-state index contributed by atoms with van der Waals surface area (Å²) in [6, 6.07) is -0.170. The molecule has 0 heterocycles. The van der Waals surface area contributed by atoms with E-state index in [2.05, 4.69) is 19.2 Å². The van der Waals surface area contributed by atoms with E-state index >= 15 is 0 Å². The number of hydrogen-bond acceptors (Lipinski definition) is 2. The van der Waals surface area contributed by atoms with Crippen molar-refractivity contribution in [3.8, 4) is 0 Å². The molecule has 0 saturated heterocycles. The molecule has 0 aromatic heterocycles. The van der Waals surface area contributed by atoms with E-state index in [-0.39, 0.29) is 23.9 Å². The normalized spacial score (nSPS) is 15.7. The zero-order valence-corrected chi connectivity index (χ0v) is 10.0. The molecule has 0 spiro atoms. The average Bonchev–Trinajstić information content (AvgIpc) is 2.00. The molecule has 3 heteroatoms. The predicted molar refractivity (Wildman–Crippen MR) is 59.9 cm³/mol. The van der Waals surface area contributed by atoms with E-state index in [4.69, 9.17) is 5.73 Å². The van der Waals surface area contributed by atoms with Crippen LogP contribution in [0.4, 0.5) is 0 Å². The highest BCUT2D eigenvalue weighted by Gasteiger charge is 2.18. The summed E-state index contributed by atoms with van der Waals surface area (Å²) >= 11 is 0. The monoisotopic (exact) mass is 200 g/mol. The molecule has 0 fully saturated rings. The minimum absolute atomic E-state index is 0.0341. The number of hydrogen-bond donors (Lipinski definition) is 2. The molecule has 0 radical (unpaired) electrons. The second-order valence-electron chi connectivity index (χ2n) is 4.81. The number of nitrogens with two attached hydrogens (primary N) is 1. The summed E-state index contributed by atoms with van der Waals surface area (Å²) in [7, 11) is 0. The van der Waals surface area contributed by atoms with Crippen LogP contribution in [-0.4, -0.2) is 18.0 Å². The van der Waals surface area contributed by atoms with Crippen LogP contribution in [-0.2, 0) is 4.79 Å². The summed E-state index contributed by atoms with van der Waals surface area (Å²) in [5.74, 6) is 0.759. The van der Waals surface area contributed by atoms with E-state index in [0.29, 0.717) is 5.92 Å². The van der Waals surface area contributed by atoms with E-state index in [1.54, 1.807) is 0 Å². The first-order valence-electron chi connectivity index (χ1n) is 5.40. The lowest BCUT2D eigenvalue weighted by molar-refractivity contribution is -0.123. The molecule has 0 aliphatic carbocycles. The third-order valence-corrected chi connectivity index (χ3v) is 2.23. The van der Waals surface area contributed by atoms with Gasteiger partial charge >= 0.3 is 0 Å². The van der Waals surface area contributed by atoms with Crippen molar-refractivity contribution in [3.05, 3.63) is 0 Å². The van der Waals surface area contributed by atoms with Crippen molar-refractivity contribution in [1.29, 1.82) is 0 Å². The van der Waals surface area contributed by atoms with Crippen LogP contribution in [0.1, 0.15) is 41.0 Å². The maximum atomic E-state index is 11.5. The van der Waals surface area contributed by atoms with Gasteiger partial charge in [-0.05, 0) is 25.2 Å². The van der Waals surface area contributed by atoms with Gasteiger partial charge in [-0.15, -0.1) is 0 Å². The van der Waals surface area contributed by atoms with Crippen molar-refractivity contribution in [3.63, 3.8) is 0 Å². The molecule has 14 heavy (non-hydrogen) atoms. The molecule has 84 valence electrons. The fourth-order valence-electron chi connectivity index (χ4n) is 1.41. The summed E-state index contributed by atoms with van der Waals surface area (Å²) in [4.78, 5) is 11.5. The Morgan fingerprint density at radius 1 is 1.21 bits per heavy atom. The molecule has 0 aliphatic heterocycles. The Bertz CT molecular complexity index is 178. The highest BCUT2D eigenvalue weighted by Crippen LogP contribution is 2.05. The number of carbonyl (C=O) groups excluding carboxylic acids is 1. The number of amides is 1. The van der Waals surface area contributed by atoms with Crippen molar-refractivity contribution < 1.29 is 4.79 Å². The summed E-state index contributed by atoms with van der Waals surface area (Å²) in [6.07, 6.45) is 0.997. The number of rotatable bonds is 5. The molecule has 3 N–H and O–H groups in total. The fourth-order valence-corrected chi connectivity index (χ4v) is 1.41. The summed E-state index contributed by atoms with van der Waals surface area (Å²) in [6.45, 7) is 10.2. The van der Waals surface area contributed by atoms with E-state index in [0.717, 1.165) is 6.42 Å². The Hall–Kier alpha value is -0.570. The molecule has 0 aromatic rings. The van der Waals surface area contributed by atoms with Crippen LogP contribution in [0.25, 0.3) is 0 Å². The van der Waals surface area contributed by atoms with Gasteiger partial charge in [0, 0.05) is 6.04 Å². The molecule has 3 nitrogen and oxygen atoms in total. The maximum Gasteiger partial charge on any atom is 0.237 e. The summed E-state index contributed by atoms with van der Waals surface area (Å²) in [5.41, 5.74) is 5.73. The number of carbonyl (C=O) groups is 1. The first-order chi connectivity index (χ1) is 6.34. The van der Waals surface area contributed by atoms with Crippen LogP contribution in [0.5, 0.6) is 0 Å². The molecule has 0 bridgehead atoms. The van der Waals surface area contributed by atoms with Gasteiger partial charge in [-0.1, -0.05) is 27.7 Å². The fraction of sp³-hybridized carbons (Fsp3) is 0.909. The Morgan fingerprint density at radius 3 is 2.07 bits per heavy atom. The Kier molecular flexibility index (Phi) is 5.77. The molecular weight excluding hydrogens is 176 g/mol. The van der Waals surface area contributed by atoms with Gasteiger partial charge in [0.15, 0.2) is 0 Å². The zero-order chi connectivity index (χ0) is 11.3. The van der Waals surface area contributed by atoms with Gasteiger partial charge in [0.2, 0.25) is 5.91 Å². The van der Waals surface area contributed by atoms with Crippen LogP contribution in [0.15, 0.2) is 0 Å². The van der Waals surface area contributed by atoms with Gasteiger partial charge in [-0.3, -0.25) is 4.79 Å². The molecule has 1 unspecified atom stereocenters. The molecular formula is C11H24N2O.